The van der Waals surface area contributed by atoms with E-state index in [-0.39, 0.29) is 0 Å². The summed E-state index contributed by atoms with van der Waals surface area (Å²) in [7, 11) is 2.13. The molecule has 2 rings (SSSR count). The number of aromatic nitrogens is 4. The topological polar surface area (TPSA) is 87.0 Å². The van der Waals surface area contributed by atoms with Gasteiger partial charge in [0.15, 0.2) is 0 Å². The van der Waals surface area contributed by atoms with Gasteiger partial charge >= 0.3 is 12.1 Å². The van der Waals surface area contributed by atoms with E-state index < -0.39 is 12.1 Å². The molecule has 2 aromatic rings. The lowest BCUT2D eigenvalue weighted by Crippen LogP contribution is -2.23. The van der Waals surface area contributed by atoms with Crippen LogP contribution in [0.4, 0.5) is 13.2 Å². The zero-order valence-electron chi connectivity index (χ0n) is 14.6. The molecule has 0 fully saturated rings. The Morgan fingerprint density at radius 1 is 1.36 bits per heavy atom. The molecule has 0 atom stereocenters. The van der Waals surface area contributed by atoms with Crippen LogP contribution in [0.3, 0.4) is 0 Å². The number of aliphatic carboxylic acids is 1. The summed E-state index contributed by atoms with van der Waals surface area (Å²) in [5, 5.41) is 18.8. The molecule has 0 saturated carbocycles. The molecule has 0 aliphatic heterocycles. The van der Waals surface area contributed by atoms with Crippen LogP contribution in [0.2, 0.25) is 0 Å². The number of carbonyl (C=O) groups is 1. The van der Waals surface area contributed by atoms with Gasteiger partial charge in [-0.15, -0.1) is 0 Å². The van der Waals surface area contributed by atoms with Gasteiger partial charge in [0.1, 0.15) is 0 Å². The van der Waals surface area contributed by atoms with E-state index in [4.69, 9.17) is 9.90 Å². The highest BCUT2D eigenvalue weighted by Gasteiger charge is 2.38. The smallest absolute Gasteiger partial charge is 0.475 e. The maximum absolute atomic E-state index is 10.6. The quantitative estimate of drug-likeness (QED) is 0.853. The third-order valence-electron chi connectivity index (χ3n) is 3.44. The minimum atomic E-state index is -5.08. The molecule has 0 radical (unpaired) electrons. The number of aryl methyl sites for hydroxylation is 3. The first kappa shape index (κ1) is 20.7. The van der Waals surface area contributed by atoms with Gasteiger partial charge in [-0.25, -0.2) is 4.79 Å². The first-order valence-electron chi connectivity index (χ1n) is 7.50. The van der Waals surface area contributed by atoms with Crippen molar-refractivity contribution < 1.29 is 23.1 Å². The third kappa shape index (κ3) is 6.96. The minimum Gasteiger partial charge on any atom is -0.475 e. The molecule has 7 nitrogen and oxygen atoms in total. The summed E-state index contributed by atoms with van der Waals surface area (Å²) in [6.07, 6.45) is -3.06. The van der Waals surface area contributed by atoms with Crippen molar-refractivity contribution in [3.63, 3.8) is 0 Å². The van der Waals surface area contributed by atoms with Gasteiger partial charge in [-0.2, -0.15) is 23.4 Å². The van der Waals surface area contributed by atoms with Gasteiger partial charge in [-0.1, -0.05) is 0 Å². The fraction of sp³-hybridized carbons (Fsp3) is 0.533. The Morgan fingerprint density at radius 2 is 1.96 bits per heavy atom. The maximum Gasteiger partial charge on any atom is 0.490 e. The van der Waals surface area contributed by atoms with E-state index in [1.807, 2.05) is 30.8 Å². The molecule has 2 N–H and O–H groups in total. The van der Waals surface area contributed by atoms with Gasteiger partial charge in [-0.05, 0) is 33.9 Å². The Hall–Kier alpha value is -2.36. The van der Waals surface area contributed by atoms with E-state index in [0.29, 0.717) is 0 Å². The van der Waals surface area contributed by atoms with Gasteiger partial charge in [0, 0.05) is 30.5 Å². The van der Waals surface area contributed by atoms with E-state index in [1.54, 1.807) is 0 Å². The Balaban J connectivity index is 0.000000381. The molecule has 10 heteroatoms. The summed E-state index contributed by atoms with van der Waals surface area (Å²) in [6, 6.07) is 2.03. The molecule has 0 amide bonds. The zero-order valence-corrected chi connectivity index (χ0v) is 14.6. The molecule has 0 aliphatic rings. The normalized spacial score (nSPS) is 11.4. The van der Waals surface area contributed by atoms with E-state index in [2.05, 4.69) is 34.2 Å². The summed E-state index contributed by atoms with van der Waals surface area (Å²) in [5.74, 6) is -2.76. The minimum absolute atomic E-state index is 0.917. The number of likely N-dealkylation sites (N-methyl/N-ethyl adjacent to an activating group) is 1. The average molecular weight is 361 g/mol. The lowest BCUT2D eigenvalue weighted by molar-refractivity contribution is -0.192. The van der Waals surface area contributed by atoms with Crippen LogP contribution in [-0.2, 0) is 17.9 Å². The molecule has 0 saturated heterocycles. The van der Waals surface area contributed by atoms with E-state index in [1.165, 1.54) is 5.56 Å². The monoisotopic (exact) mass is 361 g/mol. The lowest BCUT2D eigenvalue weighted by atomic mass is 10.2. The second-order valence-corrected chi connectivity index (χ2v) is 5.67. The van der Waals surface area contributed by atoms with Gasteiger partial charge in [-0.3, -0.25) is 9.78 Å². The van der Waals surface area contributed by atoms with Crippen LogP contribution in [0.5, 0.6) is 0 Å². The third-order valence-corrected chi connectivity index (χ3v) is 3.44. The number of hydrogen-bond donors (Lipinski definition) is 2. The molecule has 140 valence electrons. The number of rotatable bonds is 5. The van der Waals surface area contributed by atoms with Crippen molar-refractivity contribution in [1.82, 2.24) is 24.9 Å². The molecule has 0 spiro atoms. The number of carboxylic acid groups (broad SMARTS) is 1. The van der Waals surface area contributed by atoms with Crippen LogP contribution < -0.4 is 0 Å². The number of alkyl halides is 3. The number of nitrogens with zero attached hydrogens (tertiary/aromatic N) is 4. The van der Waals surface area contributed by atoms with Crippen molar-refractivity contribution in [2.24, 2.45) is 0 Å². The predicted octanol–water partition coefficient (Wildman–Crippen LogP) is 2.30. The fourth-order valence-electron chi connectivity index (χ4n) is 2.02. The van der Waals surface area contributed by atoms with Crippen LogP contribution >= 0.6 is 0 Å². The first-order chi connectivity index (χ1) is 11.5. The molecule has 2 aromatic heterocycles. The van der Waals surface area contributed by atoms with Gasteiger partial charge < -0.3 is 10.0 Å². The summed E-state index contributed by atoms with van der Waals surface area (Å²) < 4.78 is 33.7. The number of nitrogens with one attached hydrogen (secondary N) is 1. The zero-order chi connectivity index (χ0) is 19.2. The Kier molecular flexibility index (Phi) is 7.16. The molecule has 2 heterocycles. The lowest BCUT2D eigenvalue weighted by Gasteiger charge is -2.16. The number of hydrogen-bond acceptors (Lipinski definition) is 4. The van der Waals surface area contributed by atoms with Crippen molar-refractivity contribution in [2.75, 3.05) is 13.6 Å². The highest BCUT2D eigenvalue weighted by molar-refractivity contribution is 5.73. The second kappa shape index (κ2) is 8.65. The fourth-order valence-corrected chi connectivity index (χ4v) is 2.02. The average Bonchev–Trinajstić information content (AvgIpc) is 3.05. The van der Waals surface area contributed by atoms with Crippen molar-refractivity contribution in [3.05, 3.63) is 34.9 Å². The van der Waals surface area contributed by atoms with Crippen LogP contribution in [0.1, 0.15) is 22.6 Å². The number of halogens is 3. The molecular weight excluding hydrogens is 339 g/mol. The van der Waals surface area contributed by atoms with E-state index >= 15 is 0 Å². The van der Waals surface area contributed by atoms with Gasteiger partial charge in [0.2, 0.25) is 0 Å². The Morgan fingerprint density at radius 3 is 2.36 bits per heavy atom. The summed E-state index contributed by atoms with van der Waals surface area (Å²) >= 11 is 0. The Bertz CT molecular complexity index is 674. The van der Waals surface area contributed by atoms with E-state index in [9.17, 15) is 13.2 Å². The molecule has 0 aliphatic carbocycles. The van der Waals surface area contributed by atoms with Crippen molar-refractivity contribution in [3.8, 4) is 0 Å². The van der Waals surface area contributed by atoms with Crippen LogP contribution in [0.25, 0.3) is 0 Å². The predicted molar refractivity (Wildman–Crippen MR) is 85.1 cm³/mol. The molecule has 0 unspecified atom stereocenters. The second-order valence-electron chi connectivity index (χ2n) is 5.67. The summed E-state index contributed by atoms with van der Waals surface area (Å²) in [5.41, 5.74) is 4.62. The highest BCUT2D eigenvalue weighted by atomic mass is 19.4. The molecule has 0 aromatic carbocycles. The molecular formula is C15H22F3N5O2. The van der Waals surface area contributed by atoms with Gasteiger partial charge in [0.25, 0.3) is 0 Å². The van der Waals surface area contributed by atoms with Crippen molar-refractivity contribution >= 4 is 5.97 Å². The maximum atomic E-state index is 10.6. The van der Waals surface area contributed by atoms with Crippen molar-refractivity contribution in [2.45, 2.75) is 40.0 Å². The largest absolute Gasteiger partial charge is 0.490 e. The summed E-state index contributed by atoms with van der Waals surface area (Å²) in [6.45, 7) is 8.95. The number of carboxylic acids is 1. The van der Waals surface area contributed by atoms with Crippen LogP contribution in [-0.4, -0.2) is 55.7 Å². The Labute approximate surface area is 143 Å². The van der Waals surface area contributed by atoms with Crippen LogP contribution in [0.15, 0.2) is 12.3 Å². The van der Waals surface area contributed by atoms with Gasteiger partial charge in [0.05, 0.1) is 17.9 Å². The van der Waals surface area contributed by atoms with Crippen molar-refractivity contribution in [1.29, 1.82) is 0 Å². The SMILES string of the molecule is Cc1ccn(CCN(C)Cc2c(C)n[nH]c2C)n1.O=C(O)C(F)(F)F. The number of aromatic amines is 1. The highest BCUT2D eigenvalue weighted by Crippen LogP contribution is 2.13. The van der Waals surface area contributed by atoms with E-state index in [0.717, 1.165) is 36.7 Å². The molecule has 0 bridgehead atoms. The summed E-state index contributed by atoms with van der Waals surface area (Å²) in [4.78, 5) is 11.2. The number of H-pyrrole nitrogens is 1. The first-order valence-corrected chi connectivity index (χ1v) is 7.50. The van der Waals surface area contributed by atoms with Crippen LogP contribution in [0, 0.1) is 20.8 Å². The molecule has 25 heavy (non-hydrogen) atoms. The standard InChI is InChI=1S/C13H21N5.C2HF3O2/c1-10-5-6-18(16-10)8-7-17(4)9-13-11(2)14-15-12(13)3;3-2(4,5)1(6)7/h5-6H,7-9H2,1-4H3,(H,14,15);(H,6,7).